The number of carbonyl (C=O) groups excluding carboxylic acids is 1. The molecule has 0 bridgehead atoms. The SMILES string of the molecule is Cc1cccn2c(=O)c(C=C3SC(=S)N(C(C)C)C3=O)c(N3CCN(c4ccccc4F)CC3)nc12. The Kier molecular flexibility index (Phi) is 6.57. The molecule has 10 heteroatoms. The van der Waals surface area contributed by atoms with Gasteiger partial charge in [-0.1, -0.05) is 42.2 Å². The number of fused-ring (bicyclic) bond motifs is 1. The lowest BCUT2D eigenvalue weighted by Crippen LogP contribution is -2.47. The Morgan fingerprint density at radius 2 is 1.75 bits per heavy atom. The fraction of sp³-hybridized carbons (Fsp3) is 0.308. The summed E-state index contributed by atoms with van der Waals surface area (Å²) in [6.07, 6.45) is 3.32. The quantitative estimate of drug-likeness (QED) is 0.377. The van der Waals surface area contributed by atoms with Crippen molar-refractivity contribution < 1.29 is 9.18 Å². The van der Waals surface area contributed by atoms with Crippen molar-refractivity contribution in [3.63, 3.8) is 0 Å². The van der Waals surface area contributed by atoms with Crippen LogP contribution >= 0.6 is 24.0 Å². The molecule has 4 heterocycles. The van der Waals surface area contributed by atoms with Crippen LogP contribution in [0.25, 0.3) is 11.7 Å². The summed E-state index contributed by atoms with van der Waals surface area (Å²) in [6, 6.07) is 10.4. The van der Waals surface area contributed by atoms with Crippen LogP contribution in [-0.4, -0.2) is 56.7 Å². The number of carbonyl (C=O) groups is 1. The number of thiocarbonyl (C=S) groups is 1. The Balaban J connectivity index is 1.56. The first-order valence-electron chi connectivity index (χ1n) is 11.8. The Labute approximate surface area is 218 Å². The molecular weight excluding hydrogens is 497 g/mol. The molecule has 5 rings (SSSR count). The van der Waals surface area contributed by atoms with Crippen molar-refractivity contribution in [2.24, 2.45) is 0 Å². The number of piperazine rings is 1. The highest BCUT2D eigenvalue weighted by Gasteiger charge is 2.34. The van der Waals surface area contributed by atoms with Gasteiger partial charge in [0.05, 0.1) is 16.2 Å². The zero-order valence-electron chi connectivity index (χ0n) is 20.3. The Bertz CT molecular complexity index is 1460. The number of thioether (sulfide) groups is 1. The number of halogens is 1. The van der Waals surface area contributed by atoms with E-state index < -0.39 is 0 Å². The molecule has 0 spiro atoms. The van der Waals surface area contributed by atoms with E-state index >= 15 is 0 Å². The fourth-order valence-electron chi connectivity index (χ4n) is 4.59. The average molecular weight is 524 g/mol. The molecule has 0 atom stereocenters. The lowest BCUT2D eigenvalue weighted by molar-refractivity contribution is -0.123. The fourth-order valence-corrected chi connectivity index (χ4v) is 6.10. The van der Waals surface area contributed by atoms with Gasteiger partial charge in [-0.05, 0) is 50.6 Å². The highest BCUT2D eigenvalue weighted by Crippen LogP contribution is 2.35. The van der Waals surface area contributed by atoms with Gasteiger partial charge in [-0.3, -0.25) is 18.9 Å². The molecule has 0 radical (unpaired) electrons. The molecule has 3 aromatic rings. The second-order valence-corrected chi connectivity index (χ2v) is 10.8. The number of hydrogen-bond acceptors (Lipinski definition) is 7. The third-order valence-corrected chi connectivity index (χ3v) is 7.78. The van der Waals surface area contributed by atoms with Crippen LogP contribution in [0.5, 0.6) is 0 Å². The van der Waals surface area contributed by atoms with E-state index in [1.165, 1.54) is 22.2 Å². The summed E-state index contributed by atoms with van der Waals surface area (Å²) < 4.78 is 16.3. The van der Waals surface area contributed by atoms with Crippen molar-refractivity contribution in [2.45, 2.75) is 26.8 Å². The number of hydrogen-bond donors (Lipinski definition) is 0. The molecule has 0 unspecified atom stereocenters. The first-order valence-corrected chi connectivity index (χ1v) is 13.0. The largest absolute Gasteiger partial charge is 0.366 e. The maximum absolute atomic E-state index is 14.3. The van der Waals surface area contributed by atoms with Crippen molar-refractivity contribution in [1.82, 2.24) is 14.3 Å². The van der Waals surface area contributed by atoms with Crippen LogP contribution in [-0.2, 0) is 4.79 Å². The van der Waals surface area contributed by atoms with E-state index in [0.717, 1.165) is 5.56 Å². The van der Waals surface area contributed by atoms with Crippen molar-refractivity contribution in [3.05, 3.63) is 74.8 Å². The number of anilines is 2. The van der Waals surface area contributed by atoms with E-state index in [0.29, 0.717) is 58.1 Å². The molecule has 186 valence electrons. The standard InChI is InChI=1S/C26H26FN5O2S2/c1-16(2)32-25(34)21(36-26(32)35)15-18-23(28-22-17(3)7-6-10-31(22)24(18)33)30-13-11-29(12-14-30)20-9-5-4-8-19(20)27/h4-10,15-16H,11-14H2,1-3H3. The first kappa shape index (κ1) is 24.5. The summed E-state index contributed by atoms with van der Waals surface area (Å²) in [6.45, 7) is 7.98. The Hall–Kier alpha value is -3.24. The lowest BCUT2D eigenvalue weighted by atomic mass is 10.2. The molecule has 2 aromatic heterocycles. The molecule has 1 aromatic carbocycles. The predicted octanol–water partition coefficient (Wildman–Crippen LogP) is 4.08. The molecule has 2 aliphatic heterocycles. The van der Waals surface area contributed by atoms with Crippen LogP contribution in [0.4, 0.5) is 15.9 Å². The summed E-state index contributed by atoms with van der Waals surface area (Å²) in [5.41, 5.74) is 2.11. The minimum absolute atomic E-state index is 0.0761. The van der Waals surface area contributed by atoms with E-state index in [1.807, 2.05) is 42.7 Å². The van der Waals surface area contributed by atoms with Crippen molar-refractivity contribution >= 4 is 57.4 Å². The summed E-state index contributed by atoms with van der Waals surface area (Å²) in [7, 11) is 0. The van der Waals surface area contributed by atoms with E-state index in [4.69, 9.17) is 17.2 Å². The molecule has 7 nitrogen and oxygen atoms in total. The number of aryl methyl sites for hydroxylation is 1. The van der Waals surface area contributed by atoms with Crippen LogP contribution in [0.15, 0.2) is 52.3 Å². The normalized spacial score (nSPS) is 17.8. The highest BCUT2D eigenvalue weighted by atomic mass is 32.2. The minimum Gasteiger partial charge on any atom is -0.366 e. The number of aromatic nitrogens is 2. The molecule has 0 N–H and O–H groups in total. The minimum atomic E-state index is -0.253. The number of nitrogens with zero attached hydrogens (tertiary/aromatic N) is 5. The highest BCUT2D eigenvalue weighted by molar-refractivity contribution is 8.26. The van der Waals surface area contributed by atoms with E-state index in [-0.39, 0.29) is 23.3 Å². The third-order valence-electron chi connectivity index (χ3n) is 6.45. The van der Waals surface area contributed by atoms with Crippen LogP contribution in [0.2, 0.25) is 0 Å². The van der Waals surface area contributed by atoms with Gasteiger partial charge in [-0.25, -0.2) is 9.37 Å². The Morgan fingerprint density at radius 1 is 1.06 bits per heavy atom. The van der Waals surface area contributed by atoms with E-state index in [2.05, 4.69) is 0 Å². The van der Waals surface area contributed by atoms with Gasteiger partial charge < -0.3 is 9.80 Å². The molecule has 2 saturated heterocycles. The van der Waals surface area contributed by atoms with Crippen molar-refractivity contribution in [1.29, 1.82) is 0 Å². The smallest absolute Gasteiger partial charge is 0.267 e. The van der Waals surface area contributed by atoms with Gasteiger partial charge in [0.25, 0.3) is 11.5 Å². The molecule has 1 amide bonds. The maximum Gasteiger partial charge on any atom is 0.267 e. The molecule has 36 heavy (non-hydrogen) atoms. The summed E-state index contributed by atoms with van der Waals surface area (Å²) in [5.74, 6) is 0.0675. The summed E-state index contributed by atoms with van der Waals surface area (Å²) >= 11 is 6.63. The lowest BCUT2D eigenvalue weighted by Gasteiger charge is -2.37. The van der Waals surface area contributed by atoms with Crippen LogP contribution < -0.4 is 15.4 Å². The number of pyridine rings is 1. The third kappa shape index (κ3) is 4.28. The van der Waals surface area contributed by atoms with Gasteiger partial charge in [0, 0.05) is 38.4 Å². The zero-order chi connectivity index (χ0) is 25.6. The predicted molar refractivity (Wildman–Crippen MR) is 147 cm³/mol. The monoisotopic (exact) mass is 523 g/mol. The van der Waals surface area contributed by atoms with Crippen LogP contribution in [0.3, 0.4) is 0 Å². The van der Waals surface area contributed by atoms with E-state index in [9.17, 15) is 14.0 Å². The molecule has 2 fully saturated rings. The van der Waals surface area contributed by atoms with Gasteiger partial charge in [-0.15, -0.1) is 0 Å². The second kappa shape index (κ2) is 9.67. The van der Waals surface area contributed by atoms with Crippen molar-refractivity contribution in [3.8, 4) is 0 Å². The van der Waals surface area contributed by atoms with Crippen molar-refractivity contribution in [2.75, 3.05) is 36.0 Å². The molecular formula is C26H26FN5O2S2. The van der Waals surface area contributed by atoms with Crippen LogP contribution in [0.1, 0.15) is 25.0 Å². The summed E-state index contributed by atoms with van der Waals surface area (Å²) in [4.78, 5) is 37.7. The average Bonchev–Trinajstić information content (AvgIpc) is 3.14. The number of benzene rings is 1. The number of rotatable bonds is 4. The van der Waals surface area contributed by atoms with Gasteiger partial charge in [0.2, 0.25) is 0 Å². The maximum atomic E-state index is 14.3. The van der Waals surface area contributed by atoms with E-state index in [1.54, 1.807) is 35.4 Å². The topological polar surface area (TPSA) is 61.2 Å². The second-order valence-electron chi connectivity index (χ2n) is 9.11. The Morgan fingerprint density at radius 3 is 2.42 bits per heavy atom. The van der Waals surface area contributed by atoms with Gasteiger partial charge in [0.15, 0.2) is 0 Å². The van der Waals surface area contributed by atoms with Crippen LogP contribution in [0, 0.1) is 12.7 Å². The number of para-hydroxylation sites is 1. The van der Waals surface area contributed by atoms with Gasteiger partial charge >= 0.3 is 0 Å². The molecule has 2 aliphatic rings. The van der Waals surface area contributed by atoms with Gasteiger partial charge in [-0.2, -0.15) is 0 Å². The molecule has 0 aliphatic carbocycles. The summed E-state index contributed by atoms with van der Waals surface area (Å²) in [5, 5.41) is 0. The number of amides is 1. The zero-order valence-corrected chi connectivity index (χ0v) is 21.9. The first-order chi connectivity index (χ1) is 17.3. The molecule has 0 saturated carbocycles. The van der Waals surface area contributed by atoms with Gasteiger partial charge in [0.1, 0.15) is 21.6 Å².